The molecule has 2 heterocycles. The van der Waals surface area contributed by atoms with Crippen LogP contribution in [0.4, 0.5) is 4.79 Å². The van der Waals surface area contributed by atoms with Crippen LogP contribution >= 0.6 is 0 Å². The van der Waals surface area contributed by atoms with Gasteiger partial charge >= 0.3 is 6.03 Å². The Labute approximate surface area is 174 Å². The minimum absolute atomic E-state index is 0.136. The molecule has 1 unspecified atom stereocenters. The van der Waals surface area contributed by atoms with Crippen molar-refractivity contribution in [2.24, 2.45) is 11.8 Å². The van der Waals surface area contributed by atoms with Crippen molar-refractivity contribution in [2.75, 3.05) is 20.2 Å². The monoisotopic (exact) mass is 401 g/mol. The molecule has 0 bridgehead atoms. The van der Waals surface area contributed by atoms with Gasteiger partial charge in [-0.05, 0) is 87.2 Å². The molecule has 1 aromatic rings. The number of amides is 3. The van der Waals surface area contributed by atoms with E-state index in [2.05, 4.69) is 55.4 Å². The van der Waals surface area contributed by atoms with Gasteiger partial charge in [0.25, 0.3) is 5.91 Å². The van der Waals surface area contributed by atoms with Gasteiger partial charge in [0.2, 0.25) is 0 Å². The zero-order valence-corrected chi connectivity index (χ0v) is 18.4. The van der Waals surface area contributed by atoms with Crippen LogP contribution in [0.1, 0.15) is 56.2 Å². The molecule has 6 heteroatoms. The molecule has 0 saturated carbocycles. The molecule has 0 spiro atoms. The van der Waals surface area contributed by atoms with E-state index in [1.165, 1.54) is 11.1 Å². The van der Waals surface area contributed by atoms with Crippen molar-refractivity contribution in [1.82, 2.24) is 15.5 Å². The number of ether oxygens (including phenoxy) is 1. The number of methoxy groups -OCH3 is 1. The van der Waals surface area contributed by atoms with Crippen LogP contribution in [0, 0.1) is 25.7 Å². The first kappa shape index (κ1) is 21.6. The van der Waals surface area contributed by atoms with Crippen LogP contribution in [0.5, 0.6) is 5.75 Å². The molecule has 1 aromatic carbocycles. The number of likely N-dealkylation sites (tertiary alicyclic amines) is 1. The van der Waals surface area contributed by atoms with Gasteiger partial charge in [-0.2, -0.15) is 0 Å². The minimum atomic E-state index is -0.736. The van der Waals surface area contributed by atoms with Crippen LogP contribution in [0.2, 0.25) is 0 Å². The van der Waals surface area contributed by atoms with Crippen molar-refractivity contribution in [2.45, 2.75) is 65.5 Å². The Morgan fingerprint density at radius 2 is 1.86 bits per heavy atom. The van der Waals surface area contributed by atoms with E-state index in [0.717, 1.165) is 50.2 Å². The molecule has 2 saturated heterocycles. The molecular formula is C23H35N3O3. The SMILES string of the molecule is COc1cc(C)c(CN2CCC(C3(CCC(C)C)NC(=O)NC3=O)CC2)cc1C. The molecule has 3 rings (SSSR count). The van der Waals surface area contributed by atoms with Crippen LogP contribution in [-0.2, 0) is 11.3 Å². The highest BCUT2D eigenvalue weighted by Crippen LogP contribution is 2.36. The smallest absolute Gasteiger partial charge is 0.322 e. The number of benzene rings is 1. The maximum absolute atomic E-state index is 12.7. The number of imide groups is 1. The highest BCUT2D eigenvalue weighted by Gasteiger charge is 2.51. The Balaban J connectivity index is 1.66. The molecule has 3 amide bonds. The minimum Gasteiger partial charge on any atom is -0.496 e. The topological polar surface area (TPSA) is 70.7 Å². The number of hydrogen-bond donors (Lipinski definition) is 2. The van der Waals surface area contributed by atoms with Gasteiger partial charge in [0.05, 0.1) is 7.11 Å². The fraction of sp³-hybridized carbons (Fsp3) is 0.652. The lowest BCUT2D eigenvalue weighted by atomic mass is 9.74. The summed E-state index contributed by atoms with van der Waals surface area (Å²) in [6.45, 7) is 11.3. The van der Waals surface area contributed by atoms with Crippen LogP contribution in [0.3, 0.4) is 0 Å². The number of rotatable bonds is 7. The van der Waals surface area contributed by atoms with E-state index in [4.69, 9.17) is 4.74 Å². The molecule has 2 aliphatic rings. The highest BCUT2D eigenvalue weighted by molar-refractivity contribution is 6.07. The fourth-order valence-electron chi connectivity index (χ4n) is 4.75. The molecule has 0 radical (unpaired) electrons. The highest BCUT2D eigenvalue weighted by atomic mass is 16.5. The molecule has 6 nitrogen and oxygen atoms in total. The normalized spacial score (nSPS) is 23.4. The Kier molecular flexibility index (Phi) is 6.52. The number of nitrogens with zero attached hydrogens (tertiary/aromatic N) is 1. The molecule has 160 valence electrons. The Bertz CT molecular complexity index is 769. The van der Waals surface area contributed by atoms with Crippen molar-refractivity contribution >= 4 is 11.9 Å². The van der Waals surface area contributed by atoms with E-state index in [1.54, 1.807) is 7.11 Å². The number of nitrogens with one attached hydrogen (secondary N) is 2. The van der Waals surface area contributed by atoms with E-state index in [0.29, 0.717) is 12.3 Å². The van der Waals surface area contributed by atoms with Gasteiger partial charge in [0, 0.05) is 6.54 Å². The summed E-state index contributed by atoms with van der Waals surface area (Å²) in [6.07, 6.45) is 3.47. The number of piperidine rings is 1. The average Bonchev–Trinajstić information content (AvgIpc) is 2.97. The van der Waals surface area contributed by atoms with Gasteiger partial charge in [0.15, 0.2) is 0 Å². The molecule has 2 aliphatic heterocycles. The van der Waals surface area contributed by atoms with E-state index in [9.17, 15) is 9.59 Å². The Hall–Kier alpha value is -2.08. The first-order chi connectivity index (χ1) is 13.7. The quantitative estimate of drug-likeness (QED) is 0.686. The summed E-state index contributed by atoms with van der Waals surface area (Å²) in [5.74, 6) is 1.48. The second-order valence-corrected chi connectivity index (χ2v) is 9.11. The summed E-state index contributed by atoms with van der Waals surface area (Å²) in [5, 5.41) is 5.49. The number of hydrogen-bond acceptors (Lipinski definition) is 4. The fourth-order valence-corrected chi connectivity index (χ4v) is 4.75. The average molecular weight is 402 g/mol. The van der Waals surface area contributed by atoms with E-state index in [1.807, 2.05) is 0 Å². The second-order valence-electron chi connectivity index (χ2n) is 9.11. The van der Waals surface area contributed by atoms with Crippen LogP contribution in [0.25, 0.3) is 0 Å². The van der Waals surface area contributed by atoms with Gasteiger partial charge in [-0.25, -0.2) is 4.79 Å². The van der Waals surface area contributed by atoms with E-state index >= 15 is 0 Å². The molecule has 1 atom stereocenters. The second kappa shape index (κ2) is 8.74. The number of aryl methyl sites for hydroxylation is 2. The van der Waals surface area contributed by atoms with Crippen molar-refractivity contribution in [3.05, 3.63) is 28.8 Å². The summed E-state index contributed by atoms with van der Waals surface area (Å²) >= 11 is 0. The van der Waals surface area contributed by atoms with Gasteiger partial charge < -0.3 is 10.1 Å². The summed E-state index contributed by atoms with van der Waals surface area (Å²) in [5.41, 5.74) is 2.98. The van der Waals surface area contributed by atoms with Crippen LogP contribution < -0.4 is 15.4 Å². The van der Waals surface area contributed by atoms with Crippen molar-refractivity contribution in [1.29, 1.82) is 0 Å². The van der Waals surface area contributed by atoms with Crippen LogP contribution in [-0.4, -0.2) is 42.6 Å². The summed E-state index contributed by atoms with van der Waals surface area (Å²) in [7, 11) is 1.71. The lowest BCUT2D eigenvalue weighted by molar-refractivity contribution is -0.127. The largest absolute Gasteiger partial charge is 0.496 e. The Morgan fingerprint density at radius 1 is 1.17 bits per heavy atom. The predicted molar refractivity (Wildman–Crippen MR) is 114 cm³/mol. The number of carbonyl (C=O) groups excluding carboxylic acids is 2. The predicted octanol–water partition coefficient (Wildman–Crippen LogP) is 3.54. The van der Waals surface area contributed by atoms with Gasteiger partial charge in [-0.15, -0.1) is 0 Å². The van der Waals surface area contributed by atoms with Crippen LogP contribution in [0.15, 0.2) is 12.1 Å². The zero-order chi connectivity index (χ0) is 21.2. The molecule has 2 N–H and O–H groups in total. The maximum Gasteiger partial charge on any atom is 0.322 e. The van der Waals surface area contributed by atoms with Crippen molar-refractivity contribution in [3.8, 4) is 5.75 Å². The van der Waals surface area contributed by atoms with Gasteiger partial charge in [-0.1, -0.05) is 19.9 Å². The van der Waals surface area contributed by atoms with Crippen molar-refractivity contribution in [3.63, 3.8) is 0 Å². The maximum atomic E-state index is 12.7. The third-order valence-corrected chi connectivity index (χ3v) is 6.62. The summed E-state index contributed by atoms with van der Waals surface area (Å²) in [6, 6.07) is 3.98. The molecular weight excluding hydrogens is 366 g/mol. The van der Waals surface area contributed by atoms with E-state index in [-0.39, 0.29) is 17.9 Å². The number of urea groups is 1. The van der Waals surface area contributed by atoms with E-state index < -0.39 is 5.54 Å². The standard InChI is InChI=1S/C23H35N3O3/c1-15(2)6-9-23(21(27)24-22(28)25-23)19-7-10-26(11-8-19)14-18-12-17(4)20(29-5)13-16(18)3/h12-13,15,19H,6-11,14H2,1-5H3,(H2,24,25,27,28). The lowest BCUT2D eigenvalue weighted by Crippen LogP contribution is -2.56. The summed E-state index contributed by atoms with van der Waals surface area (Å²) in [4.78, 5) is 27.1. The van der Waals surface area contributed by atoms with Gasteiger partial charge in [-0.3, -0.25) is 15.0 Å². The molecule has 0 aromatic heterocycles. The van der Waals surface area contributed by atoms with Gasteiger partial charge in [0.1, 0.15) is 11.3 Å². The Morgan fingerprint density at radius 3 is 2.41 bits per heavy atom. The number of carbonyl (C=O) groups is 2. The summed E-state index contributed by atoms with van der Waals surface area (Å²) < 4.78 is 5.43. The third kappa shape index (κ3) is 4.58. The molecule has 0 aliphatic carbocycles. The molecule has 29 heavy (non-hydrogen) atoms. The third-order valence-electron chi connectivity index (χ3n) is 6.62. The zero-order valence-electron chi connectivity index (χ0n) is 18.4. The van der Waals surface area contributed by atoms with Crippen molar-refractivity contribution < 1.29 is 14.3 Å². The first-order valence-corrected chi connectivity index (χ1v) is 10.7. The first-order valence-electron chi connectivity index (χ1n) is 10.7. The molecule has 2 fully saturated rings. The lowest BCUT2D eigenvalue weighted by Gasteiger charge is -2.41.